The molecule has 0 unspecified atom stereocenters. The van der Waals surface area contributed by atoms with Gasteiger partial charge in [0.2, 0.25) is 5.91 Å². The normalized spacial score (nSPS) is 10.9. The second kappa shape index (κ2) is 8.56. The summed E-state index contributed by atoms with van der Waals surface area (Å²) in [6.45, 7) is 7.56. The van der Waals surface area contributed by atoms with Crippen molar-refractivity contribution in [3.8, 4) is 5.69 Å². The van der Waals surface area contributed by atoms with E-state index in [4.69, 9.17) is 0 Å². The Bertz CT molecular complexity index is 1060. The molecule has 6 nitrogen and oxygen atoms in total. The number of hydrogen-bond donors (Lipinski definition) is 2. The fourth-order valence-electron chi connectivity index (χ4n) is 3.14. The topological polar surface area (TPSA) is 75.5 Å². The summed E-state index contributed by atoms with van der Waals surface area (Å²) in [6.07, 6.45) is 1.65. The molecule has 1 heterocycles. The van der Waals surface area contributed by atoms with Crippen LogP contribution in [0.25, 0.3) is 5.69 Å². The number of aromatic nitrogens is 1. The van der Waals surface area contributed by atoms with E-state index >= 15 is 0 Å². The molecule has 0 radical (unpaired) electrons. The molecule has 2 aromatic carbocycles. The summed E-state index contributed by atoms with van der Waals surface area (Å²) >= 11 is 0. The molecule has 0 spiro atoms. The van der Waals surface area contributed by atoms with Crippen molar-refractivity contribution < 1.29 is 9.59 Å². The maximum absolute atomic E-state index is 12.3. The van der Waals surface area contributed by atoms with Gasteiger partial charge in [-0.2, -0.15) is 5.10 Å². The number of amides is 2. The SMILES string of the molecule is CC(=O)Nc1ccc(C(=O)N/N=C\c2cc(C)n(-c3ccc(C)cc3)c2C)cc1. The highest BCUT2D eigenvalue weighted by molar-refractivity contribution is 5.96. The highest BCUT2D eigenvalue weighted by atomic mass is 16.2. The van der Waals surface area contributed by atoms with Gasteiger partial charge in [-0.3, -0.25) is 9.59 Å². The minimum absolute atomic E-state index is 0.157. The first-order valence-corrected chi connectivity index (χ1v) is 9.32. The molecule has 29 heavy (non-hydrogen) atoms. The highest BCUT2D eigenvalue weighted by Gasteiger charge is 2.10. The number of aryl methyl sites for hydroxylation is 2. The van der Waals surface area contributed by atoms with Crippen LogP contribution < -0.4 is 10.7 Å². The van der Waals surface area contributed by atoms with Crippen LogP contribution in [-0.2, 0) is 4.79 Å². The Balaban J connectivity index is 1.70. The van der Waals surface area contributed by atoms with Crippen molar-refractivity contribution in [3.05, 3.63) is 82.7 Å². The van der Waals surface area contributed by atoms with Gasteiger partial charge in [0.05, 0.1) is 6.21 Å². The van der Waals surface area contributed by atoms with Crippen molar-refractivity contribution in [1.29, 1.82) is 0 Å². The van der Waals surface area contributed by atoms with E-state index in [2.05, 4.69) is 51.6 Å². The van der Waals surface area contributed by atoms with Gasteiger partial charge in [0.1, 0.15) is 0 Å². The molecule has 2 N–H and O–H groups in total. The molecule has 0 saturated heterocycles. The summed E-state index contributed by atoms with van der Waals surface area (Å²) in [5.41, 5.74) is 9.02. The zero-order chi connectivity index (χ0) is 21.0. The first-order chi connectivity index (χ1) is 13.8. The van der Waals surface area contributed by atoms with Crippen molar-refractivity contribution in [3.63, 3.8) is 0 Å². The van der Waals surface area contributed by atoms with E-state index < -0.39 is 0 Å². The highest BCUT2D eigenvalue weighted by Crippen LogP contribution is 2.20. The molecule has 3 rings (SSSR count). The first-order valence-electron chi connectivity index (χ1n) is 9.32. The zero-order valence-corrected chi connectivity index (χ0v) is 17.0. The Morgan fingerprint density at radius 1 is 0.966 bits per heavy atom. The third-order valence-electron chi connectivity index (χ3n) is 4.60. The van der Waals surface area contributed by atoms with Crippen molar-refractivity contribution in [2.24, 2.45) is 5.10 Å². The molecule has 1 aromatic heterocycles. The lowest BCUT2D eigenvalue weighted by molar-refractivity contribution is -0.114. The van der Waals surface area contributed by atoms with Gasteiger partial charge in [-0.25, -0.2) is 5.43 Å². The van der Waals surface area contributed by atoms with Gasteiger partial charge in [-0.1, -0.05) is 17.7 Å². The van der Waals surface area contributed by atoms with E-state index in [1.54, 1.807) is 30.5 Å². The van der Waals surface area contributed by atoms with E-state index in [-0.39, 0.29) is 11.8 Å². The molecule has 0 aliphatic rings. The Hall–Kier alpha value is -3.67. The van der Waals surface area contributed by atoms with Gasteiger partial charge in [0.25, 0.3) is 5.91 Å². The number of nitrogens with one attached hydrogen (secondary N) is 2. The Kier molecular flexibility index (Phi) is 5.93. The summed E-state index contributed by atoms with van der Waals surface area (Å²) in [6, 6.07) is 17.0. The van der Waals surface area contributed by atoms with Gasteiger partial charge < -0.3 is 9.88 Å². The predicted octanol–water partition coefficient (Wildman–Crippen LogP) is 4.12. The van der Waals surface area contributed by atoms with Crippen molar-refractivity contribution in [2.75, 3.05) is 5.32 Å². The quantitative estimate of drug-likeness (QED) is 0.509. The molecular formula is C23H24N4O2. The molecule has 148 valence electrons. The molecule has 0 aliphatic heterocycles. The van der Waals surface area contributed by atoms with Crippen LogP contribution in [0.3, 0.4) is 0 Å². The van der Waals surface area contributed by atoms with E-state index in [0.717, 1.165) is 22.6 Å². The lowest BCUT2D eigenvalue weighted by atomic mass is 10.2. The standard InChI is InChI=1S/C23H24N4O2/c1-15-5-11-22(12-6-15)27-16(2)13-20(17(27)3)14-24-26-23(29)19-7-9-21(10-8-19)25-18(4)28/h5-14H,1-4H3,(H,25,28)(H,26,29)/b24-14-. The van der Waals surface area contributed by atoms with Crippen LogP contribution in [0, 0.1) is 20.8 Å². The number of nitrogens with zero attached hydrogens (tertiary/aromatic N) is 2. The number of carbonyl (C=O) groups excluding carboxylic acids is 2. The number of carbonyl (C=O) groups is 2. The van der Waals surface area contributed by atoms with Gasteiger partial charge in [-0.15, -0.1) is 0 Å². The van der Waals surface area contributed by atoms with Crippen LogP contribution in [0.4, 0.5) is 5.69 Å². The van der Waals surface area contributed by atoms with E-state index in [1.807, 2.05) is 19.9 Å². The Morgan fingerprint density at radius 3 is 2.24 bits per heavy atom. The third-order valence-corrected chi connectivity index (χ3v) is 4.60. The second-order valence-corrected chi connectivity index (χ2v) is 6.96. The maximum Gasteiger partial charge on any atom is 0.271 e. The Labute approximate surface area is 170 Å². The molecular weight excluding hydrogens is 364 g/mol. The lowest BCUT2D eigenvalue weighted by Gasteiger charge is -2.09. The zero-order valence-electron chi connectivity index (χ0n) is 17.0. The third kappa shape index (κ3) is 4.79. The van der Waals surface area contributed by atoms with E-state index in [1.165, 1.54) is 12.5 Å². The lowest BCUT2D eigenvalue weighted by Crippen LogP contribution is -2.17. The van der Waals surface area contributed by atoms with Crippen LogP contribution in [0.1, 0.15) is 39.8 Å². The molecule has 0 atom stereocenters. The van der Waals surface area contributed by atoms with Crippen LogP contribution in [0.15, 0.2) is 59.7 Å². The first kappa shape index (κ1) is 20.1. The smallest absolute Gasteiger partial charge is 0.271 e. The van der Waals surface area contributed by atoms with Gasteiger partial charge in [0, 0.05) is 40.8 Å². The van der Waals surface area contributed by atoms with Crippen LogP contribution in [0.5, 0.6) is 0 Å². The number of anilines is 1. The molecule has 0 saturated carbocycles. The molecule has 2 amide bonds. The molecule has 3 aromatic rings. The summed E-state index contributed by atoms with van der Waals surface area (Å²) in [7, 11) is 0. The van der Waals surface area contributed by atoms with Crippen molar-refractivity contribution in [2.45, 2.75) is 27.7 Å². The largest absolute Gasteiger partial charge is 0.326 e. The average Bonchev–Trinajstić information content (AvgIpc) is 2.96. The van der Waals surface area contributed by atoms with Crippen LogP contribution in [-0.4, -0.2) is 22.6 Å². The number of hydrazone groups is 1. The van der Waals surface area contributed by atoms with Crippen molar-refractivity contribution >= 4 is 23.7 Å². The van der Waals surface area contributed by atoms with Crippen LogP contribution >= 0.6 is 0 Å². The summed E-state index contributed by atoms with van der Waals surface area (Å²) < 4.78 is 2.16. The fraction of sp³-hybridized carbons (Fsp3) is 0.174. The minimum Gasteiger partial charge on any atom is -0.326 e. The van der Waals surface area contributed by atoms with Gasteiger partial charge >= 0.3 is 0 Å². The monoisotopic (exact) mass is 388 g/mol. The van der Waals surface area contributed by atoms with E-state index in [0.29, 0.717) is 11.3 Å². The number of benzene rings is 2. The fourth-order valence-corrected chi connectivity index (χ4v) is 3.14. The maximum atomic E-state index is 12.3. The molecule has 0 fully saturated rings. The second-order valence-electron chi connectivity index (χ2n) is 6.96. The average molecular weight is 388 g/mol. The molecule has 0 bridgehead atoms. The molecule has 0 aliphatic carbocycles. The summed E-state index contributed by atoms with van der Waals surface area (Å²) in [5, 5.41) is 6.77. The summed E-state index contributed by atoms with van der Waals surface area (Å²) in [4.78, 5) is 23.3. The van der Waals surface area contributed by atoms with Gasteiger partial charge in [-0.05, 0) is 63.2 Å². The summed E-state index contributed by atoms with van der Waals surface area (Å²) in [5.74, 6) is -0.474. The van der Waals surface area contributed by atoms with Crippen LogP contribution in [0.2, 0.25) is 0 Å². The number of hydrogen-bond acceptors (Lipinski definition) is 3. The van der Waals surface area contributed by atoms with Crippen molar-refractivity contribution in [1.82, 2.24) is 9.99 Å². The minimum atomic E-state index is -0.317. The predicted molar refractivity (Wildman–Crippen MR) is 116 cm³/mol. The van der Waals surface area contributed by atoms with Gasteiger partial charge in [0.15, 0.2) is 0 Å². The molecule has 6 heteroatoms. The Morgan fingerprint density at radius 2 is 1.62 bits per heavy atom. The number of rotatable bonds is 5. The van der Waals surface area contributed by atoms with E-state index in [9.17, 15) is 9.59 Å².